The number of ether oxygens (including phenoxy) is 2. The highest BCUT2D eigenvalue weighted by Crippen LogP contribution is 2.28. The van der Waals surface area contributed by atoms with Crippen LogP contribution >= 0.6 is 11.3 Å². The number of esters is 2. The topological polar surface area (TPSA) is 64.6 Å². The van der Waals surface area contributed by atoms with E-state index in [1.165, 1.54) is 18.4 Å². The summed E-state index contributed by atoms with van der Waals surface area (Å²) in [6.45, 7) is 4.49. The quantitative estimate of drug-likeness (QED) is 0.804. The molecule has 1 aromatic heterocycles. The molecule has 0 radical (unpaired) electrons. The van der Waals surface area contributed by atoms with Gasteiger partial charge in [-0.1, -0.05) is 0 Å². The maximum absolute atomic E-state index is 11.5. The van der Waals surface area contributed by atoms with Crippen molar-refractivity contribution in [3.63, 3.8) is 0 Å². The molecule has 1 aromatic rings. The average Bonchev–Trinajstić information content (AvgIpc) is 2.70. The lowest BCUT2D eigenvalue weighted by Crippen LogP contribution is -2.12. The summed E-state index contributed by atoms with van der Waals surface area (Å²) in [4.78, 5) is 23.7. The van der Waals surface area contributed by atoms with E-state index in [0.29, 0.717) is 18.7 Å². The summed E-state index contributed by atoms with van der Waals surface area (Å²) in [5.74, 6) is -0.629. The summed E-state index contributed by atoms with van der Waals surface area (Å²) in [6, 6.07) is 1.77. The van der Waals surface area contributed by atoms with Gasteiger partial charge >= 0.3 is 11.9 Å². The molecule has 0 aliphatic carbocycles. The van der Waals surface area contributed by atoms with Crippen LogP contribution in [0.25, 0.3) is 0 Å². The number of methoxy groups -OCH3 is 1. The van der Waals surface area contributed by atoms with E-state index in [4.69, 9.17) is 9.47 Å². The Morgan fingerprint density at radius 1 is 1.44 bits per heavy atom. The number of hydrogen-bond donors (Lipinski definition) is 1. The zero-order chi connectivity index (χ0) is 13.5. The molecule has 100 valence electrons. The molecule has 0 bridgehead atoms. The van der Waals surface area contributed by atoms with Crippen LogP contribution in [0.2, 0.25) is 0 Å². The van der Waals surface area contributed by atoms with Crippen molar-refractivity contribution in [3.8, 4) is 0 Å². The predicted molar refractivity (Wildman–Crippen MR) is 70.1 cm³/mol. The molecule has 0 aliphatic rings. The Bertz CT molecular complexity index is 428. The van der Waals surface area contributed by atoms with Gasteiger partial charge in [0.2, 0.25) is 0 Å². The van der Waals surface area contributed by atoms with E-state index in [1.54, 1.807) is 13.0 Å². The van der Waals surface area contributed by atoms with Crippen molar-refractivity contribution in [2.24, 2.45) is 0 Å². The van der Waals surface area contributed by atoms with Crippen LogP contribution in [0.15, 0.2) is 6.07 Å². The van der Waals surface area contributed by atoms with E-state index in [2.05, 4.69) is 5.32 Å². The molecular formula is C12H17NO4S. The molecule has 18 heavy (non-hydrogen) atoms. The number of carbonyl (C=O) groups is 2. The second kappa shape index (κ2) is 7.00. The Kier molecular flexibility index (Phi) is 5.64. The van der Waals surface area contributed by atoms with E-state index < -0.39 is 0 Å². The minimum Gasteiger partial charge on any atom is -0.466 e. The molecule has 0 aliphatic heterocycles. The monoisotopic (exact) mass is 271 g/mol. The van der Waals surface area contributed by atoms with Gasteiger partial charge in [-0.15, -0.1) is 11.3 Å². The molecule has 1 rings (SSSR count). The SMILES string of the molecule is CCOC(=O)CCNc1sc(C)cc1C(=O)OC. The highest BCUT2D eigenvalue weighted by Gasteiger charge is 2.15. The molecule has 0 atom stereocenters. The normalized spacial score (nSPS) is 9.94. The fourth-order valence-corrected chi connectivity index (χ4v) is 2.34. The van der Waals surface area contributed by atoms with Gasteiger partial charge in [-0.05, 0) is 19.9 Å². The molecule has 0 unspecified atom stereocenters. The Balaban J connectivity index is 2.56. The first-order valence-corrected chi connectivity index (χ1v) is 6.48. The molecular weight excluding hydrogens is 254 g/mol. The number of carbonyl (C=O) groups excluding carboxylic acids is 2. The molecule has 0 amide bonds. The van der Waals surface area contributed by atoms with Crippen molar-refractivity contribution in [2.45, 2.75) is 20.3 Å². The minimum atomic E-state index is -0.377. The lowest BCUT2D eigenvalue weighted by molar-refractivity contribution is -0.142. The van der Waals surface area contributed by atoms with Gasteiger partial charge in [0.15, 0.2) is 0 Å². The first-order valence-electron chi connectivity index (χ1n) is 5.66. The maximum atomic E-state index is 11.5. The van der Waals surface area contributed by atoms with Crippen LogP contribution in [0.3, 0.4) is 0 Å². The summed E-state index contributed by atoms with van der Waals surface area (Å²) in [5, 5.41) is 3.78. The molecule has 0 saturated carbocycles. The fraction of sp³-hybridized carbons (Fsp3) is 0.500. The van der Waals surface area contributed by atoms with Crippen LogP contribution in [0.1, 0.15) is 28.6 Å². The largest absolute Gasteiger partial charge is 0.466 e. The van der Waals surface area contributed by atoms with Crippen LogP contribution < -0.4 is 5.32 Å². The van der Waals surface area contributed by atoms with Crippen LogP contribution in [0.5, 0.6) is 0 Å². The Labute approximate surface area is 110 Å². The van der Waals surface area contributed by atoms with Crippen molar-refractivity contribution in [2.75, 3.05) is 25.6 Å². The number of rotatable bonds is 6. The van der Waals surface area contributed by atoms with Crippen LogP contribution in [-0.2, 0) is 14.3 Å². The molecule has 6 heteroatoms. The first-order chi connectivity index (χ1) is 8.58. The van der Waals surface area contributed by atoms with Crippen LogP contribution in [0.4, 0.5) is 5.00 Å². The average molecular weight is 271 g/mol. The lowest BCUT2D eigenvalue weighted by atomic mass is 10.3. The van der Waals surface area contributed by atoms with Gasteiger partial charge in [0.05, 0.1) is 25.7 Å². The van der Waals surface area contributed by atoms with E-state index in [-0.39, 0.29) is 18.4 Å². The molecule has 0 saturated heterocycles. The van der Waals surface area contributed by atoms with Crippen molar-refractivity contribution in [3.05, 3.63) is 16.5 Å². The van der Waals surface area contributed by atoms with Crippen molar-refractivity contribution in [1.29, 1.82) is 0 Å². The van der Waals surface area contributed by atoms with Crippen LogP contribution in [-0.4, -0.2) is 32.2 Å². The summed E-state index contributed by atoms with van der Waals surface area (Å²) < 4.78 is 9.51. The van der Waals surface area contributed by atoms with Gasteiger partial charge in [0, 0.05) is 11.4 Å². The summed E-state index contributed by atoms with van der Waals surface area (Å²) in [7, 11) is 1.34. The van der Waals surface area contributed by atoms with E-state index in [9.17, 15) is 9.59 Å². The van der Waals surface area contributed by atoms with Gasteiger partial charge in [0.25, 0.3) is 0 Å². The Morgan fingerprint density at radius 2 is 2.17 bits per heavy atom. The second-order valence-electron chi connectivity index (χ2n) is 3.57. The number of thiophene rings is 1. The number of aryl methyl sites for hydroxylation is 1. The van der Waals surface area contributed by atoms with Gasteiger partial charge in [-0.2, -0.15) is 0 Å². The third-order valence-electron chi connectivity index (χ3n) is 2.18. The molecule has 5 nitrogen and oxygen atoms in total. The predicted octanol–water partition coefficient (Wildman–Crippen LogP) is 2.21. The molecule has 1 N–H and O–H groups in total. The molecule has 0 fully saturated rings. The van der Waals surface area contributed by atoms with Crippen molar-refractivity contribution < 1.29 is 19.1 Å². The third kappa shape index (κ3) is 4.03. The number of nitrogens with one attached hydrogen (secondary N) is 1. The van der Waals surface area contributed by atoms with Gasteiger partial charge in [-0.3, -0.25) is 4.79 Å². The second-order valence-corrected chi connectivity index (χ2v) is 4.83. The summed E-state index contributed by atoms with van der Waals surface area (Å²) in [6.07, 6.45) is 0.269. The van der Waals surface area contributed by atoms with Crippen LogP contribution in [0, 0.1) is 6.92 Å². The lowest BCUT2D eigenvalue weighted by Gasteiger charge is -2.06. The van der Waals surface area contributed by atoms with Gasteiger partial charge in [-0.25, -0.2) is 4.79 Å². The maximum Gasteiger partial charge on any atom is 0.340 e. The standard InChI is InChI=1S/C12H17NO4S/c1-4-17-10(14)5-6-13-11-9(12(15)16-3)7-8(2)18-11/h7,13H,4-6H2,1-3H3. The third-order valence-corrected chi connectivity index (χ3v) is 3.19. The number of anilines is 1. The van der Waals surface area contributed by atoms with Crippen molar-refractivity contribution in [1.82, 2.24) is 0 Å². The Hall–Kier alpha value is -1.56. The van der Waals surface area contributed by atoms with Gasteiger partial charge < -0.3 is 14.8 Å². The van der Waals surface area contributed by atoms with Gasteiger partial charge in [0.1, 0.15) is 5.00 Å². The van der Waals surface area contributed by atoms with E-state index in [1.807, 2.05) is 6.92 Å². The minimum absolute atomic E-state index is 0.252. The fourth-order valence-electron chi connectivity index (χ4n) is 1.42. The highest BCUT2D eigenvalue weighted by molar-refractivity contribution is 7.16. The molecule has 0 aromatic carbocycles. The summed E-state index contributed by atoms with van der Waals surface area (Å²) >= 11 is 1.46. The molecule has 1 heterocycles. The zero-order valence-electron chi connectivity index (χ0n) is 10.7. The zero-order valence-corrected chi connectivity index (χ0v) is 11.6. The first kappa shape index (κ1) is 14.5. The number of hydrogen-bond acceptors (Lipinski definition) is 6. The highest BCUT2D eigenvalue weighted by atomic mass is 32.1. The smallest absolute Gasteiger partial charge is 0.340 e. The van der Waals surface area contributed by atoms with E-state index in [0.717, 1.165) is 9.88 Å². The Morgan fingerprint density at radius 3 is 2.78 bits per heavy atom. The molecule has 0 spiro atoms. The summed E-state index contributed by atoms with van der Waals surface area (Å²) in [5.41, 5.74) is 0.504. The van der Waals surface area contributed by atoms with E-state index >= 15 is 0 Å². The van der Waals surface area contributed by atoms with Crippen molar-refractivity contribution >= 4 is 28.3 Å².